The number of nitrogens with one attached hydrogen (secondary N) is 1. The Kier molecular flexibility index (Phi) is 5.96. The van der Waals surface area contributed by atoms with E-state index < -0.39 is 10.0 Å². The fraction of sp³-hybridized carbons (Fsp3) is 0.381. The quantitative estimate of drug-likeness (QED) is 0.611. The van der Waals surface area contributed by atoms with E-state index in [0.717, 1.165) is 31.5 Å². The number of carbonyl (C=O) groups is 1. The summed E-state index contributed by atoms with van der Waals surface area (Å²) in [4.78, 5) is 24.1. The van der Waals surface area contributed by atoms with Gasteiger partial charge in [0, 0.05) is 44.8 Å². The number of nitrogens with zero attached hydrogens (tertiary/aromatic N) is 4. The van der Waals surface area contributed by atoms with Gasteiger partial charge in [0.25, 0.3) is 5.91 Å². The summed E-state index contributed by atoms with van der Waals surface area (Å²) >= 11 is 1.32. The number of rotatable bonds is 6. The molecule has 164 valence electrons. The number of aromatic nitrogens is 3. The minimum atomic E-state index is -3.73. The second kappa shape index (κ2) is 8.52. The van der Waals surface area contributed by atoms with Crippen LogP contribution in [0.4, 0.5) is 0 Å². The minimum Gasteiger partial charge on any atom is -0.345 e. The smallest absolute Gasteiger partial charge is 0.265 e. The van der Waals surface area contributed by atoms with Crippen molar-refractivity contribution in [2.45, 2.75) is 38.1 Å². The van der Waals surface area contributed by atoms with Gasteiger partial charge in [0.05, 0.1) is 11.4 Å². The van der Waals surface area contributed by atoms with Crippen LogP contribution in [0.5, 0.6) is 0 Å². The highest BCUT2D eigenvalue weighted by Crippen LogP contribution is 2.33. The van der Waals surface area contributed by atoms with Crippen molar-refractivity contribution in [1.29, 1.82) is 0 Å². The van der Waals surface area contributed by atoms with Gasteiger partial charge in [-0.05, 0) is 44.4 Å². The fourth-order valence-electron chi connectivity index (χ4n) is 3.68. The van der Waals surface area contributed by atoms with E-state index in [-0.39, 0.29) is 17.3 Å². The Bertz CT molecular complexity index is 1210. The van der Waals surface area contributed by atoms with E-state index in [0.29, 0.717) is 27.0 Å². The molecule has 1 fully saturated rings. The number of carbonyl (C=O) groups excluding carboxylic acids is 1. The average Bonchev–Trinajstić information content (AvgIpc) is 3.48. The highest BCUT2D eigenvalue weighted by molar-refractivity contribution is 7.89. The van der Waals surface area contributed by atoms with Crippen molar-refractivity contribution in [1.82, 2.24) is 24.2 Å². The van der Waals surface area contributed by atoms with E-state index in [9.17, 15) is 13.2 Å². The Morgan fingerprint density at radius 3 is 2.68 bits per heavy atom. The molecule has 10 heteroatoms. The van der Waals surface area contributed by atoms with Gasteiger partial charge in [-0.15, -0.1) is 11.3 Å². The van der Waals surface area contributed by atoms with Crippen molar-refractivity contribution < 1.29 is 13.2 Å². The zero-order valence-corrected chi connectivity index (χ0v) is 19.4. The molecule has 4 rings (SSSR count). The molecule has 8 nitrogen and oxygen atoms in total. The van der Waals surface area contributed by atoms with Gasteiger partial charge in [-0.3, -0.25) is 9.78 Å². The van der Waals surface area contributed by atoms with E-state index >= 15 is 0 Å². The third-order valence-corrected chi connectivity index (χ3v) is 8.26. The summed E-state index contributed by atoms with van der Waals surface area (Å²) in [6, 6.07) is 5.21. The Hall–Kier alpha value is -2.56. The van der Waals surface area contributed by atoms with E-state index in [1.165, 1.54) is 11.3 Å². The molecule has 0 atom stereocenters. The molecule has 1 aliphatic heterocycles. The molecular weight excluding hydrogens is 434 g/mol. The maximum Gasteiger partial charge on any atom is 0.265 e. The van der Waals surface area contributed by atoms with Gasteiger partial charge in [-0.1, -0.05) is 6.07 Å². The van der Waals surface area contributed by atoms with Gasteiger partial charge in [0.15, 0.2) is 0 Å². The molecule has 1 amide bonds. The number of hydrogen-bond donors (Lipinski definition) is 1. The van der Waals surface area contributed by atoms with Gasteiger partial charge in [0.2, 0.25) is 10.0 Å². The summed E-state index contributed by atoms with van der Waals surface area (Å²) in [6.45, 7) is 5.30. The van der Waals surface area contributed by atoms with E-state index in [1.54, 1.807) is 36.0 Å². The van der Waals surface area contributed by atoms with E-state index in [4.69, 9.17) is 0 Å². The summed E-state index contributed by atoms with van der Waals surface area (Å²) in [5.41, 5.74) is 2.73. The van der Waals surface area contributed by atoms with E-state index in [1.807, 2.05) is 24.9 Å². The lowest BCUT2D eigenvalue weighted by atomic mass is 10.3. The van der Waals surface area contributed by atoms with Crippen molar-refractivity contribution in [3.63, 3.8) is 0 Å². The third-order valence-electron chi connectivity index (χ3n) is 5.57. The highest BCUT2D eigenvalue weighted by Gasteiger charge is 2.27. The Morgan fingerprint density at radius 1 is 1.26 bits per heavy atom. The van der Waals surface area contributed by atoms with Crippen LogP contribution in [0.25, 0.3) is 10.7 Å². The summed E-state index contributed by atoms with van der Waals surface area (Å²) < 4.78 is 30.4. The maximum absolute atomic E-state index is 13.0. The molecule has 0 spiro atoms. The zero-order valence-electron chi connectivity index (χ0n) is 17.8. The summed E-state index contributed by atoms with van der Waals surface area (Å²) in [7, 11) is -1.92. The average molecular weight is 460 g/mol. The van der Waals surface area contributed by atoms with Crippen LogP contribution >= 0.6 is 11.3 Å². The predicted octanol–water partition coefficient (Wildman–Crippen LogP) is 2.87. The normalized spacial score (nSPS) is 14.4. The molecule has 3 aromatic rings. The lowest BCUT2D eigenvalue weighted by Gasteiger charge is -2.13. The summed E-state index contributed by atoms with van der Waals surface area (Å²) in [6.07, 6.45) is 5.33. The van der Waals surface area contributed by atoms with Crippen molar-refractivity contribution in [2.24, 2.45) is 7.05 Å². The molecule has 0 aliphatic carbocycles. The third kappa shape index (κ3) is 4.28. The lowest BCUT2D eigenvalue weighted by Crippen LogP contribution is -2.27. The molecule has 31 heavy (non-hydrogen) atoms. The Labute approximate surface area is 186 Å². The summed E-state index contributed by atoms with van der Waals surface area (Å²) in [5, 5.41) is 0.638. The fourth-order valence-corrected chi connectivity index (χ4v) is 6.07. The van der Waals surface area contributed by atoms with Crippen molar-refractivity contribution in [3.05, 3.63) is 52.4 Å². The Balaban J connectivity index is 1.62. The van der Waals surface area contributed by atoms with Gasteiger partial charge in [0.1, 0.15) is 14.8 Å². The van der Waals surface area contributed by atoms with Crippen molar-refractivity contribution in [3.8, 4) is 10.7 Å². The first-order valence-electron chi connectivity index (χ1n) is 10.1. The molecule has 0 unspecified atom stereocenters. The predicted molar refractivity (Wildman–Crippen MR) is 119 cm³/mol. The number of hydrogen-bond acceptors (Lipinski definition) is 6. The molecule has 0 aromatic carbocycles. The molecule has 1 saturated heterocycles. The molecule has 0 saturated carbocycles. The number of thiazole rings is 1. The molecule has 4 heterocycles. The molecule has 0 radical (unpaired) electrons. The first kappa shape index (κ1) is 21.7. The van der Waals surface area contributed by atoms with Crippen LogP contribution in [0.15, 0.2) is 35.5 Å². The van der Waals surface area contributed by atoms with Crippen LogP contribution in [-0.4, -0.2) is 46.8 Å². The number of sulfonamides is 1. The number of aryl methyl sites for hydroxylation is 1. The molecule has 1 N–H and O–H groups in total. The molecule has 0 bridgehead atoms. The number of likely N-dealkylation sites (tertiary alicyclic amines) is 1. The van der Waals surface area contributed by atoms with Crippen LogP contribution in [-0.2, 0) is 23.6 Å². The number of amides is 1. The van der Waals surface area contributed by atoms with Crippen molar-refractivity contribution in [2.75, 3.05) is 13.1 Å². The van der Waals surface area contributed by atoms with Crippen LogP contribution in [0, 0.1) is 13.8 Å². The molecule has 3 aromatic heterocycles. The summed E-state index contributed by atoms with van der Waals surface area (Å²) in [5.74, 6) is 0.00987. The van der Waals surface area contributed by atoms with Gasteiger partial charge >= 0.3 is 0 Å². The van der Waals surface area contributed by atoms with Crippen LogP contribution in [0.2, 0.25) is 0 Å². The van der Waals surface area contributed by atoms with Crippen LogP contribution < -0.4 is 4.72 Å². The first-order valence-corrected chi connectivity index (χ1v) is 12.4. The van der Waals surface area contributed by atoms with Crippen LogP contribution in [0.3, 0.4) is 0 Å². The van der Waals surface area contributed by atoms with Crippen LogP contribution in [0.1, 0.15) is 39.5 Å². The standard InChI is InChI=1S/C21H25N5O3S2/c1-14-19(21(27)26-9-4-5-10-26)30-20(24-14)17-11-18(15(2)25(17)3)31(28,29)23-13-16-7-6-8-22-12-16/h6-8,11-12,23H,4-5,9-10,13H2,1-3H3. The van der Waals surface area contributed by atoms with Crippen molar-refractivity contribution >= 4 is 27.3 Å². The first-order chi connectivity index (χ1) is 14.8. The van der Waals surface area contributed by atoms with Gasteiger partial charge in [-0.2, -0.15) is 0 Å². The Morgan fingerprint density at radius 2 is 2.00 bits per heavy atom. The molecular formula is C21H25N5O3S2. The lowest BCUT2D eigenvalue weighted by molar-refractivity contribution is 0.0796. The number of pyridine rings is 1. The SMILES string of the molecule is Cc1nc(-c2cc(S(=O)(=O)NCc3cccnc3)c(C)n2C)sc1C(=O)N1CCCC1. The van der Waals surface area contributed by atoms with Gasteiger partial charge in [-0.25, -0.2) is 18.1 Å². The van der Waals surface area contributed by atoms with Gasteiger partial charge < -0.3 is 9.47 Å². The topological polar surface area (TPSA) is 97.2 Å². The largest absolute Gasteiger partial charge is 0.345 e. The highest BCUT2D eigenvalue weighted by atomic mass is 32.2. The second-order valence-corrected chi connectivity index (χ2v) is 10.4. The monoisotopic (exact) mass is 459 g/mol. The zero-order chi connectivity index (χ0) is 22.2. The second-order valence-electron chi connectivity index (χ2n) is 7.66. The minimum absolute atomic E-state index is 0.00987. The van der Waals surface area contributed by atoms with E-state index in [2.05, 4.69) is 14.7 Å². The maximum atomic E-state index is 13.0. The molecule has 1 aliphatic rings.